The van der Waals surface area contributed by atoms with Crippen LogP contribution in [0.3, 0.4) is 0 Å². The molecule has 3 heterocycles. The van der Waals surface area contributed by atoms with Crippen LogP contribution >= 0.6 is 11.3 Å². The topological polar surface area (TPSA) is 48.5 Å². The van der Waals surface area contributed by atoms with E-state index < -0.39 is 0 Å². The number of rotatable bonds is 4. The maximum Gasteiger partial charge on any atom is 0.256 e. The number of nitrogens with one attached hydrogen (secondary N) is 1. The van der Waals surface area contributed by atoms with Gasteiger partial charge in [0.2, 0.25) is 0 Å². The zero-order chi connectivity index (χ0) is 19.6. The van der Waals surface area contributed by atoms with Crippen molar-refractivity contribution in [2.45, 2.75) is 6.54 Å². The fourth-order valence-electron chi connectivity index (χ4n) is 3.85. The summed E-state index contributed by atoms with van der Waals surface area (Å²) >= 11 is 1.65. The van der Waals surface area contributed by atoms with Gasteiger partial charge in [-0.1, -0.05) is 59.9 Å². The summed E-state index contributed by atoms with van der Waals surface area (Å²) in [5.74, 6) is -0.0457. The minimum atomic E-state index is -0.0457. The third kappa shape index (κ3) is 3.81. The minimum Gasteiger partial charge on any atom is -0.346 e. The van der Waals surface area contributed by atoms with Crippen LogP contribution in [0.4, 0.5) is 10.8 Å². The van der Waals surface area contributed by atoms with Crippen molar-refractivity contribution in [1.29, 1.82) is 0 Å². The highest BCUT2D eigenvalue weighted by molar-refractivity contribution is 7.16. The lowest BCUT2D eigenvalue weighted by Crippen LogP contribution is -2.45. The van der Waals surface area contributed by atoms with Crippen molar-refractivity contribution in [2.75, 3.05) is 36.4 Å². The number of hydrogen-bond donors (Lipinski definition) is 1. The third-order valence-corrected chi connectivity index (χ3v) is 6.40. The Balaban J connectivity index is 1.25. The van der Waals surface area contributed by atoms with Crippen molar-refractivity contribution in [3.05, 3.63) is 76.8 Å². The van der Waals surface area contributed by atoms with Gasteiger partial charge < -0.3 is 10.2 Å². The quantitative estimate of drug-likeness (QED) is 0.671. The van der Waals surface area contributed by atoms with Crippen LogP contribution < -0.4 is 10.2 Å². The number of anilines is 2. The van der Waals surface area contributed by atoms with E-state index in [1.165, 1.54) is 5.56 Å². The molecule has 146 valence electrons. The lowest BCUT2D eigenvalue weighted by molar-refractivity contribution is -0.110. The maximum atomic E-state index is 12.3. The highest BCUT2D eigenvalue weighted by Crippen LogP contribution is 2.34. The average molecular weight is 403 g/mol. The van der Waals surface area contributed by atoms with E-state index in [1.807, 2.05) is 36.5 Å². The molecule has 1 amide bonds. The molecule has 1 N–H and O–H groups in total. The summed E-state index contributed by atoms with van der Waals surface area (Å²) in [5.41, 5.74) is 3.91. The minimum absolute atomic E-state index is 0.0457. The molecule has 0 saturated carbocycles. The van der Waals surface area contributed by atoms with Crippen molar-refractivity contribution in [1.82, 2.24) is 9.88 Å². The van der Waals surface area contributed by atoms with Gasteiger partial charge in [-0.25, -0.2) is 4.98 Å². The fourth-order valence-corrected chi connectivity index (χ4v) is 4.76. The molecule has 2 aliphatic heterocycles. The lowest BCUT2D eigenvalue weighted by Gasteiger charge is -2.34. The number of hydrogen-bond acceptors (Lipinski definition) is 5. The molecule has 2 aromatic carbocycles. The molecule has 0 radical (unpaired) electrons. The van der Waals surface area contributed by atoms with Crippen LogP contribution in [0.25, 0.3) is 11.6 Å². The standard InChI is InChI=1S/C23H22N4OS/c28-22-20(19-8-4-5-9-21(19)25-22)14-18-15-24-23(29-18)27-12-10-26(11-13-27)16-17-6-2-1-3-7-17/h1-9,14-15H,10-13,16H2,(H,25,28)/b20-14+. The number of thiazole rings is 1. The molecule has 1 aromatic heterocycles. The van der Waals surface area contributed by atoms with Gasteiger partial charge >= 0.3 is 0 Å². The monoisotopic (exact) mass is 402 g/mol. The Labute approximate surface area is 174 Å². The first-order valence-electron chi connectivity index (χ1n) is 9.86. The number of carbonyl (C=O) groups excluding carboxylic acids is 1. The number of aromatic nitrogens is 1. The van der Waals surface area contributed by atoms with Crippen molar-refractivity contribution in [2.24, 2.45) is 0 Å². The maximum absolute atomic E-state index is 12.3. The Hall–Kier alpha value is -2.96. The van der Waals surface area contributed by atoms with Gasteiger partial charge in [0.1, 0.15) is 0 Å². The predicted molar refractivity (Wildman–Crippen MR) is 119 cm³/mol. The Bertz CT molecular complexity index is 1050. The Kier molecular flexibility index (Phi) is 4.87. The molecule has 1 fully saturated rings. The van der Waals surface area contributed by atoms with Gasteiger partial charge in [0, 0.05) is 55.0 Å². The van der Waals surface area contributed by atoms with E-state index in [1.54, 1.807) is 11.3 Å². The van der Waals surface area contributed by atoms with E-state index in [0.717, 1.165) is 54.0 Å². The number of amides is 1. The first kappa shape index (κ1) is 18.1. The summed E-state index contributed by atoms with van der Waals surface area (Å²) in [6.45, 7) is 5.00. The first-order chi connectivity index (χ1) is 14.3. The normalized spacial score (nSPS) is 18.1. The molecular weight excluding hydrogens is 380 g/mol. The Morgan fingerprint density at radius 3 is 2.59 bits per heavy atom. The molecule has 5 nitrogen and oxygen atoms in total. The summed E-state index contributed by atoms with van der Waals surface area (Å²) in [6.07, 6.45) is 3.82. The Morgan fingerprint density at radius 1 is 1.00 bits per heavy atom. The lowest BCUT2D eigenvalue weighted by atomic mass is 10.1. The van der Waals surface area contributed by atoms with Crippen LogP contribution in [-0.4, -0.2) is 42.0 Å². The molecule has 0 unspecified atom stereocenters. The summed E-state index contributed by atoms with van der Waals surface area (Å²) in [5, 5.41) is 3.95. The van der Waals surface area contributed by atoms with Gasteiger partial charge in [0.15, 0.2) is 5.13 Å². The van der Waals surface area contributed by atoms with Gasteiger partial charge in [-0.2, -0.15) is 0 Å². The molecular formula is C23H22N4OS. The van der Waals surface area contributed by atoms with Gasteiger partial charge in [-0.05, 0) is 17.7 Å². The molecule has 0 atom stereocenters. The smallest absolute Gasteiger partial charge is 0.256 e. The van der Waals surface area contributed by atoms with Crippen LogP contribution in [0, 0.1) is 0 Å². The average Bonchev–Trinajstić information content (AvgIpc) is 3.34. The van der Waals surface area contributed by atoms with E-state index in [2.05, 4.69) is 50.4 Å². The molecule has 29 heavy (non-hydrogen) atoms. The highest BCUT2D eigenvalue weighted by Gasteiger charge is 2.24. The molecule has 0 bridgehead atoms. The molecule has 0 aliphatic carbocycles. The second-order valence-electron chi connectivity index (χ2n) is 7.35. The van der Waals surface area contributed by atoms with Gasteiger partial charge in [-0.3, -0.25) is 9.69 Å². The van der Waals surface area contributed by atoms with E-state index in [0.29, 0.717) is 5.57 Å². The van der Waals surface area contributed by atoms with Crippen molar-refractivity contribution in [3.63, 3.8) is 0 Å². The third-order valence-electron chi connectivity index (χ3n) is 5.40. The largest absolute Gasteiger partial charge is 0.346 e. The number of nitrogens with zero attached hydrogens (tertiary/aromatic N) is 3. The van der Waals surface area contributed by atoms with Gasteiger partial charge in [0.25, 0.3) is 5.91 Å². The summed E-state index contributed by atoms with van der Waals surface area (Å²) in [7, 11) is 0. The first-order valence-corrected chi connectivity index (χ1v) is 10.7. The number of benzene rings is 2. The van der Waals surface area contributed by atoms with E-state index in [9.17, 15) is 4.79 Å². The van der Waals surface area contributed by atoms with Gasteiger partial charge in [-0.15, -0.1) is 0 Å². The van der Waals surface area contributed by atoms with E-state index >= 15 is 0 Å². The fraction of sp³-hybridized carbons (Fsp3) is 0.217. The van der Waals surface area contributed by atoms with Crippen LogP contribution in [0.2, 0.25) is 0 Å². The van der Waals surface area contributed by atoms with Crippen molar-refractivity contribution >= 4 is 39.7 Å². The van der Waals surface area contributed by atoms with Crippen molar-refractivity contribution < 1.29 is 4.79 Å². The molecule has 3 aromatic rings. The summed E-state index contributed by atoms with van der Waals surface area (Å²) in [6, 6.07) is 18.4. The van der Waals surface area contributed by atoms with Crippen LogP contribution in [0.1, 0.15) is 16.0 Å². The molecule has 1 saturated heterocycles. The zero-order valence-electron chi connectivity index (χ0n) is 16.0. The second kappa shape index (κ2) is 7.81. The predicted octanol–water partition coefficient (Wildman–Crippen LogP) is 3.96. The molecule has 0 spiro atoms. The zero-order valence-corrected chi connectivity index (χ0v) is 16.9. The number of fused-ring (bicyclic) bond motifs is 1. The van der Waals surface area contributed by atoms with Crippen molar-refractivity contribution in [3.8, 4) is 0 Å². The molecule has 5 rings (SSSR count). The van der Waals surface area contributed by atoms with Crippen LogP contribution in [0.15, 0.2) is 60.8 Å². The van der Waals surface area contributed by atoms with Gasteiger partial charge in [0.05, 0.1) is 5.57 Å². The molecule has 2 aliphatic rings. The van der Waals surface area contributed by atoms with E-state index in [-0.39, 0.29) is 5.91 Å². The molecule has 6 heteroatoms. The SMILES string of the molecule is O=C1Nc2ccccc2/C1=C\c1cnc(N2CCN(Cc3ccccc3)CC2)s1. The number of piperazine rings is 1. The van der Waals surface area contributed by atoms with E-state index in [4.69, 9.17) is 0 Å². The van der Waals surface area contributed by atoms with Crippen LogP contribution in [0.5, 0.6) is 0 Å². The Morgan fingerprint density at radius 2 is 1.76 bits per heavy atom. The summed E-state index contributed by atoms with van der Waals surface area (Å²) < 4.78 is 0. The summed E-state index contributed by atoms with van der Waals surface area (Å²) in [4.78, 5) is 22.8. The number of carbonyl (C=O) groups is 1. The second-order valence-corrected chi connectivity index (χ2v) is 8.39. The highest BCUT2D eigenvalue weighted by atomic mass is 32.1. The van der Waals surface area contributed by atoms with Crippen LogP contribution in [-0.2, 0) is 11.3 Å². The number of para-hydroxylation sites is 1.